The number of rotatable bonds is 44. The van der Waals surface area contributed by atoms with E-state index in [9.17, 15) is 33.3 Å². The molecule has 0 radical (unpaired) electrons. The van der Waals surface area contributed by atoms with Crippen LogP contribution in [-0.4, -0.2) is 68.3 Å². The summed E-state index contributed by atoms with van der Waals surface area (Å²) in [6.45, 7) is 3.19. The second-order valence-corrected chi connectivity index (χ2v) is 21.9. The summed E-state index contributed by atoms with van der Waals surface area (Å²) in [5.74, 6) is 0.638. The summed E-state index contributed by atoms with van der Waals surface area (Å²) in [5.41, 5.74) is 7.62. The third-order valence-corrected chi connectivity index (χ3v) is 15.6. The molecule has 0 aliphatic carbocycles. The average molecular weight is 994 g/mol. The van der Waals surface area contributed by atoms with Gasteiger partial charge in [-0.25, -0.2) is 13.9 Å². The van der Waals surface area contributed by atoms with Crippen molar-refractivity contribution in [2.75, 3.05) is 24.7 Å². The highest BCUT2D eigenvalue weighted by atomic mass is 32.2. The van der Waals surface area contributed by atoms with E-state index in [1.54, 1.807) is 11.8 Å². The van der Waals surface area contributed by atoms with Crippen molar-refractivity contribution in [3.63, 3.8) is 0 Å². The molecule has 0 amide bonds. The minimum absolute atomic E-state index is 0.0425. The van der Waals surface area contributed by atoms with Crippen LogP contribution in [0.25, 0.3) is 10.4 Å². The molecule has 1 aromatic rings. The van der Waals surface area contributed by atoms with Gasteiger partial charge in [0.2, 0.25) is 0 Å². The number of phosphoric ester groups is 2. The van der Waals surface area contributed by atoms with Gasteiger partial charge in [0.05, 0.1) is 25.4 Å². The van der Waals surface area contributed by atoms with Crippen LogP contribution in [0.5, 0.6) is 0 Å². The van der Waals surface area contributed by atoms with Crippen molar-refractivity contribution in [3.05, 3.63) is 43.5 Å². The van der Waals surface area contributed by atoms with Gasteiger partial charge in [-0.15, -0.1) is 0 Å². The normalized spacial score (nSPS) is 18.4. The molecule has 0 spiro atoms. The van der Waals surface area contributed by atoms with Gasteiger partial charge in [-0.3, -0.25) is 28.2 Å². The van der Waals surface area contributed by atoms with Crippen LogP contribution >= 0.6 is 27.4 Å². The maximum absolute atomic E-state index is 12.9. The number of esters is 1. The second kappa shape index (κ2) is 37.9. The number of H-pyrrole nitrogens is 1. The van der Waals surface area contributed by atoms with Crippen LogP contribution in [0.4, 0.5) is 0 Å². The number of aromatic amines is 1. The van der Waals surface area contributed by atoms with E-state index in [-0.39, 0.29) is 18.6 Å². The van der Waals surface area contributed by atoms with Gasteiger partial charge in [0.25, 0.3) is 5.56 Å². The van der Waals surface area contributed by atoms with Crippen molar-refractivity contribution in [2.24, 2.45) is 5.11 Å². The molecule has 2 heterocycles. The molecule has 2 unspecified atom stereocenters. The number of thioether (sulfide) groups is 1. The Bertz CT molecular complexity index is 1680. The first-order valence-corrected chi connectivity index (χ1v) is 29.5. The quantitative estimate of drug-likeness (QED) is 0.0138. The maximum atomic E-state index is 12.9. The molecule has 1 aliphatic heterocycles. The van der Waals surface area contributed by atoms with E-state index < -0.39 is 70.6 Å². The van der Waals surface area contributed by atoms with Gasteiger partial charge in [0, 0.05) is 35.8 Å². The zero-order valence-electron chi connectivity index (χ0n) is 40.3. The Morgan fingerprint density at radius 1 is 0.788 bits per heavy atom. The number of ether oxygens (including phenoxy) is 2. The highest BCUT2D eigenvalue weighted by Crippen LogP contribution is 2.60. The number of azide groups is 1. The van der Waals surface area contributed by atoms with E-state index in [1.165, 1.54) is 147 Å². The SMILES string of the molecule is CCCCCCCCCCCCCCCCCCSC[C@H](COP(=O)(O)OP(=O)(O)OC[C@H]1O[C@@H](n2ccc(=O)[nH]c2=O)C[C@@H]1N=[N+]=[N-])OC(=O)CCCCCCCCCCCCCCC. The molecule has 2 rings (SSSR count). The van der Waals surface area contributed by atoms with Crippen molar-refractivity contribution < 1.29 is 46.5 Å². The van der Waals surface area contributed by atoms with Crippen LogP contribution < -0.4 is 11.2 Å². The topological polar surface area (TPSA) is 241 Å². The van der Waals surface area contributed by atoms with Crippen molar-refractivity contribution >= 4 is 33.4 Å². The maximum Gasteiger partial charge on any atom is 0.481 e. The number of aromatic nitrogens is 2. The van der Waals surface area contributed by atoms with Crippen LogP contribution in [0.1, 0.15) is 219 Å². The summed E-state index contributed by atoms with van der Waals surface area (Å²) in [6, 6.07) is 0.126. The predicted octanol–water partition coefficient (Wildman–Crippen LogP) is 13.1. The van der Waals surface area contributed by atoms with Gasteiger partial charge in [-0.1, -0.05) is 192 Å². The summed E-state index contributed by atoms with van der Waals surface area (Å²) in [5, 5.41) is 3.61. The number of carbonyl (C=O) groups is 1. The van der Waals surface area contributed by atoms with Crippen molar-refractivity contribution in [3.8, 4) is 0 Å². The standard InChI is InChI=1S/C46H85N5O12P2S/c1-3-5-7-9-11-13-15-17-18-19-21-23-25-27-29-31-35-66-39-40(61-45(53)32-30-28-26-24-22-20-16-14-12-10-8-6-4-2)37-59-64(55,56)63-65(57,58)60-38-42-41(49-50-47)36-44(62-42)51-34-33-43(52)48-46(51)54/h33-34,40-42,44H,3-32,35-39H2,1-2H3,(H,55,56)(H,57,58)(H,48,52,54)/t40-,41-,42+,44+/m0/s1. The zero-order valence-corrected chi connectivity index (χ0v) is 42.9. The van der Waals surface area contributed by atoms with Crippen LogP contribution in [0, 0.1) is 0 Å². The highest BCUT2D eigenvalue weighted by molar-refractivity contribution is 7.99. The van der Waals surface area contributed by atoms with Crippen LogP contribution in [0.3, 0.4) is 0 Å². The molecular formula is C46H85N5O12P2S. The van der Waals surface area contributed by atoms with Gasteiger partial charge < -0.3 is 19.3 Å². The second-order valence-electron chi connectivity index (χ2n) is 17.7. The van der Waals surface area contributed by atoms with Gasteiger partial charge in [0.15, 0.2) is 0 Å². The number of nitrogens with zero attached hydrogens (tertiary/aromatic N) is 4. The van der Waals surface area contributed by atoms with Crippen molar-refractivity contribution in [2.45, 2.75) is 237 Å². The molecule has 1 aliphatic rings. The van der Waals surface area contributed by atoms with Gasteiger partial charge >= 0.3 is 27.3 Å². The number of phosphoric acid groups is 2. The van der Waals surface area contributed by atoms with E-state index in [0.29, 0.717) is 6.42 Å². The number of hydrogen-bond donors (Lipinski definition) is 3. The molecule has 1 saturated heterocycles. The minimum Gasteiger partial charge on any atom is -0.459 e. The van der Waals surface area contributed by atoms with E-state index in [0.717, 1.165) is 54.9 Å². The third-order valence-electron chi connectivity index (χ3n) is 11.8. The number of carbonyl (C=O) groups excluding carboxylic acids is 1. The molecule has 0 saturated carbocycles. The molecule has 17 nitrogen and oxygen atoms in total. The lowest BCUT2D eigenvalue weighted by molar-refractivity contribution is -0.149. The summed E-state index contributed by atoms with van der Waals surface area (Å²) in [4.78, 5) is 62.3. The first-order chi connectivity index (χ1) is 31.9. The monoisotopic (exact) mass is 994 g/mol. The molecule has 6 atom stereocenters. The Labute approximate surface area is 398 Å². The Balaban J connectivity index is 1.78. The van der Waals surface area contributed by atoms with E-state index >= 15 is 0 Å². The van der Waals surface area contributed by atoms with Gasteiger partial charge in [0.1, 0.15) is 12.3 Å². The van der Waals surface area contributed by atoms with E-state index in [4.69, 9.17) is 24.1 Å². The summed E-state index contributed by atoms with van der Waals surface area (Å²) >= 11 is 1.54. The first-order valence-electron chi connectivity index (χ1n) is 25.3. The van der Waals surface area contributed by atoms with Crippen LogP contribution in [0.2, 0.25) is 0 Å². The smallest absolute Gasteiger partial charge is 0.459 e. The Hall–Kier alpha value is -1.97. The summed E-state index contributed by atoms with van der Waals surface area (Å²) in [6.07, 6.45) is 34.0. The number of nitrogens with one attached hydrogen (secondary N) is 1. The average Bonchev–Trinajstić information content (AvgIpc) is 3.67. The fourth-order valence-corrected chi connectivity index (χ4v) is 11.1. The summed E-state index contributed by atoms with van der Waals surface area (Å²) in [7, 11) is -10.5. The number of unbranched alkanes of at least 4 members (excludes halogenated alkanes) is 27. The largest absolute Gasteiger partial charge is 0.481 e. The fraction of sp³-hybridized carbons (Fsp3) is 0.891. The summed E-state index contributed by atoms with van der Waals surface area (Å²) < 4.78 is 52.8. The highest BCUT2D eigenvalue weighted by Gasteiger charge is 2.41. The third kappa shape index (κ3) is 30.5. The molecule has 0 aromatic carbocycles. The molecule has 382 valence electrons. The first kappa shape index (κ1) is 60.2. The molecular weight excluding hydrogens is 909 g/mol. The minimum atomic E-state index is -5.28. The lowest BCUT2D eigenvalue weighted by Crippen LogP contribution is -2.31. The van der Waals surface area contributed by atoms with Gasteiger partial charge in [-0.05, 0) is 24.1 Å². The van der Waals surface area contributed by atoms with Crippen molar-refractivity contribution in [1.82, 2.24) is 9.55 Å². The molecule has 0 bridgehead atoms. The van der Waals surface area contributed by atoms with Crippen LogP contribution in [0.15, 0.2) is 27.0 Å². The molecule has 1 aromatic heterocycles. The lowest BCUT2D eigenvalue weighted by atomic mass is 10.0. The Kier molecular flexibility index (Phi) is 34.5. The van der Waals surface area contributed by atoms with Crippen LogP contribution in [-0.2, 0) is 36.8 Å². The van der Waals surface area contributed by atoms with Gasteiger partial charge in [-0.2, -0.15) is 16.1 Å². The predicted molar refractivity (Wildman–Crippen MR) is 262 cm³/mol. The Morgan fingerprint density at radius 2 is 1.26 bits per heavy atom. The molecule has 66 heavy (non-hydrogen) atoms. The molecule has 20 heteroatoms. The lowest BCUT2D eigenvalue weighted by Gasteiger charge is -2.22. The molecule has 1 fully saturated rings. The van der Waals surface area contributed by atoms with Crippen molar-refractivity contribution in [1.29, 1.82) is 0 Å². The van der Waals surface area contributed by atoms with E-state index in [1.807, 2.05) is 0 Å². The molecule has 3 N–H and O–H groups in total. The fourth-order valence-electron chi connectivity index (χ4n) is 8.02. The van der Waals surface area contributed by atoms with E-state index in [2.05, 4.69) is 33.2 Å². The number of hydrogen-bond acceptors (Lipinski definition) is 12. The zero-order chi connectivity index (χ0) is 48.1. The Morgan fingerprint density at radius 3 is 1.74 bits per heavy atom.